The zero-order valence-electron chi connectivity index (χ0n) is 9.36. The van der Waals surface area contributed by atoms with Crippen LogP contribution < -0.4 is 0 Å². The summed E-state index contributed by atoms with van der Waals surface area (Å²) in [6.07, 6.45) is 0.402. The lowest BCUT2D eigenvalue weighted by atomic mass is 10.3. The molecule has 2 aromatic rings. The Balaban J connectivity index is 1.90. The van der Waals surface area contributed by atoms with Crippen molar-refractivity contribution in [2.45, 2.75) is 11.3 Å². The van der Waals surface area contributed by atoms with Crippen LogP contribution in [0.15, 0.2) is 45.1 Å². The Morgan fingerprint density at radius 2 is 2.11 bits per heavy atom. The van der Waals surface area contributed by atoms with E-state index in [1.165, 1.54) is 17.8 Å². The van der Waals surface area contributed by atoms with Crippen molar-refractivity contribution in [2.75, 3.05) is 5.75 Å². The summed E-state index contributed by atoms with van der Waals surface area (Å²) in [6.45, 7) is 0. The Morgan fingerprint density at radius 1 is 1.33 bits per heavy atom. The molecule has 0 spiro atoms. The summed E-state index contributed by atoms with van der Waals surface area (Å²) in [4.78, 5) is 13.3. The van der Waals surface area contributed by atoms with Gasteiger partial charge in [0.2, 0.25) is 0 Å². The van der Waals surface area contributed by atoms with Gasteiger partial charge in [-0.3, -0.25) is 4.79 Å². The third-order valence-corrected chi connectivity index (χ3v) is 5.31. The molecule has 18 heavy (non-hydrogen) atoms. The van der Waals surface area contributed by atoms with Gasteiger partial charge in [0.1, 0.15) is 11.6 Å². The van der Waals surface area contributed by atoms with Crippen LogP contribution in [0.1, 0.15) is 4.88 Å². The van der Waals surface area contributed by atoms with Gasteiger partial charge >= 0.3 is 0 Å². The zero-order valence-corrected chi connectivity index (χ0v) is 12.6. The van der Waals surface area contributed by atoms with E-state index < -0.39 is 0 Å². The van der Waals surface area contributed by atoms with E-state index in [0.29, 0.717) is 17.1 Å². The van der Waals surface area contributed by atoms with E-state index >= 15 is 0 Å². The standard InChI is InChI=1S/C13H10BrFOS2/c14-10-5-6-17-13(10)7-9(16)8-18-12-4-2-1-3-11(12)15/h1-6H,7-8H2. The van der Waals surface area contributed by atoms with E-state index in [1.807, 2.05) is 11.4 Å². The number of hydrogen-bond donors (Lipinski definition) is 0. The van der Waals surface area contributed by atoms with Gasteiger partial charge in [-0.15, -0.1) is 23.1 Å². The lowest BCUT2D eigenvalue weighted by molar-refractivity contribution is -0.115. The maximum absolute atomic E-state index is 13.3. The van der Waals surface area contributed by atoms with Crippen LogP contribution >= 0.6 is 39.0 Å². The molecular weight excluding hydrogens is 335 g/mol. The van der Waals surface area contributed by atoms with Gasteiger partial charge in [-0.1, -0.05) is 12.1 Å². The molecule has 0 unspecified atom stereocenters. The van der Waals surface area contributed by atoms with Gasteiger partial charge in [0, 0.05) is 20.7 Å². The Morgan fingerprint density at radius 3 is 2.78 bits per heavy atom. The minimum Gasteiger partial charge on any atom is -0.298 e. The molecule has 0 radical (unpaired) electrons. The first-order valence-electron chi connectivity index (χ1n) is 5.27. The van der Waals surface area contributed by atoms with E-state index in [0.717, 1.165) is 9.35 Å². The SMILES string of the molecule is O=C(CSc1ccccc1F)Cc1sccc1Br. The lowest BCUT2D eigenvalue weighted by Gasteiger charge is -2.02. The third kappa shape index (κ3) is 3.67. The van der Waals surface area contributed by atoms with Gasteiger partial charge in [-0.05, 0) is 39.5 Å². The van der Waals surface area contributed by atoms with Crippen molar-refractivity contribution >= 4 is 44.8 Å². The molecule has 1 nitrogen and oxygen atoms in total. The highest BCUT2D eigenvalue weighted by atomic mass is 79.9. The molecule has 0 bridgehead atoms. The van der Waals surface area contributed by atoms with Gasteiger partial charge in [0.25, 0.3) is 0 Å². The van der Waals surface area contributed by atoms with Gasteiger partial charge in [-0.25, -0.2) is 4.39 Å². The smallest absolute Gasteiger partial charge is 0.148 e. The number of hydrogen-bond acceptors (Lipinski definition) is 3. The maximum Gasteiger partial charge on any atom is 0.148 e. The summed E-state index contributed by atoms with van der Waals surface area (Å²) in [5, 5.41) is 1.94. The molecule has 94 valence electrons. The molecule has 1 aromatic heterocycles. The van der Waals surface area contributed by atoms with E-state index in [-0.39, 0.29) is 11.6 Å². The number of rotatable bonds is 5. The molecule has 1 aromatic carbocycles. The monoisotopic (exact) mass is 344 g/mol. The van der Waals surface area contributed by atoms with Gasteiger partial charge in [0.05, 0.1) is 5.75 Å². The Hall–Kier alpha value is -0.650. The van der Waals surface area contributed by atoms with E-state index in [9.17, 15) is 9.18 Å². The number of thiophene rings is 1. The minimum atomic E-state index is -0.271. The average molecular weight is 345 g/mol. The summed E-state index contributed by atoms with van der Waals surface area (Å²) in [5.41, 5.74) is 0. The summed E-state index contributed by atoms with van der Waals surface area (Å²) < 4.78 is 14.3. The molecule has 0 amide bonds. The second-order valence-corrected chi connectivity index (χ2v) is 6.50. The van der Waals surface area contributed by atoms with Crippen LogP contribution in [0.25, 0.3) is 0 Å². The predicted octanol–water partition coefficient (Wildman–Crippen LogP) is 4.55. The van der Waals surface area contributed by atoms with Crippen molar-refractivity contribution in [3.8, 4) is 0 Å². The fraction of sp³-hybridized carbons (Fsp3) is 0.154. The van der Waals surface area contributed by atoms with Crippen LogP contribution in [-0.4, -0.2) is 11.5 Å². The number of benzene rings is 1. The number of carbonyl (C=O) groups excluding carboxylic acids is 1. The summed E-state index contributed by atoms with van der Waals surface area (Å²) in [6, 6.07) is 8.43. The first-order valence-corrected chi connectivity index (χ1v) is 7.93. The topological polar surface area (TPSA) is 17.1 Å². The Kier molecular flexibility index (Phi) is 4.97. The van der Waals surface area contributed by atoms with Crippen LogP contribution in [0.5, 0.6) is 0 Å². The highest BCUT2D eigenvalue weighted by Gasteiger charge is 2.10. The molecule has 2 rings (SSSR count). The van der Waals surface area contributed by atoms with Crippen LogP contribution in [0.3, 0.4) is 0 Å². The van der Waals surface area contributed by atoms with E-state index in [2.05, 4.69) is 15.9 Å². The van der Waals surface area contributed by atoms with Gasteiger partial charge < -0.3 is 0 Å². The van der Waals surface area contributed by atoms with Gasteiger partial charge in [-0.2, -0.15) is 0 Å². The predicted molar refractivity (Wildman–Crippen MR) is 77.9 cm³/mol. The largest absolute Gasteiger partial charge is 0.298 e. The highest BCUT2D eigenvalue weighted by Crippen LogP contribution is 2.25. The fourth-order valence-electron chi connectivity index (χ4n) is 1.40. The van der Waals surface area contributed by atoms with Crippen molar-refractivity contribution in [3.05, 3.63) is 50.9 Å². The van der Waals surface area contributed by atoms with Crippen LogP contribution in [0.4, 0.5) is 4.39 Å². The number of thioether (sulfide) groups is 1. The highest BCUT2D eigenvalue weighted by molar-refractivity contribution is 9.10. The average Bonchev–Trinajstić information content (AvgIpc) is 2.74. The summed E-state index contributed by atoms with van der Waals surface area (Å²) in [5.74, 6) is 0.129. The van der Waals surface area contributed by atoms with Crippen molar-refractivity contribution in [1.82, 2.24) is 0 Å². The molecule has 0 saturated heterocycles. The Bertz CT molecular complexity index is 553. The minimum absolute atomic E-state index is 0.103. The van der Waals surface area contributed by atoms with E-state index in [4.69, 9.17) is 0 Å². The lowest BCUT2D eigenvalue weighted by Crippen LogP contribution is -2.05. The molecule has 0 aliphatic rings. The van der Waals surface area contributed by atoms with Crippen LogP contribution in [0.2, 0.25) is 0 Å². The normalized spacial score (nSPS) is 10.6. The fourth-order valence-corrected chi connectivity index (χ4v) is 3.72. The summed E-state index contributed by atoms with van der Waals surface area (Å²) >= 11 is 6.19. The molecule has 0 aliphatic carbocycles. The van der Waals surface area contributed by atoms with Crippen molar-refractivity contribution in [2.24, 2.45) is 0 Å². The molecule has 5 heteroatoms. The summed E-state index contributed by atoms with van der Waals surface area (Å²) in [7, 11) is 0. The molecule has 0 saturated carbocycles. The zero-order chi connectivity index (χ0) is 13.0. The number of ketones is 1. The van der Waals surface area contributed by atoms with Crippen LogP contribution in [-0.2, 0) is 11.2 Å². The van der Waals surface area contributed by atoms with E-state index in [1.54, 1.807) is 29.5 Å². The molecule has 0 aliphatic heterocycles. The molecule has 0 N–H and O–H groups in total. The molecular formula is C13H10BrFOS2. The van der Waals surface area contributed by atoms with Crippen molar-refractivity contribution in [1.29, 1.82) is 0 Å². The number of halogens is 2. The molecule has 0 fully saturated rings. The molecule has 0 atom stereocenters. The number of Topliss-reactive ketones (excluding diaryl/α,β-unsaturated/α-hetero) is 1. The number of carbonyl (C=O) groups is 1. The third-order valence-electron chi connectivity index (χ3n) is 2.27. The second-order valence-electron chi connectivity index (χ2n) is 3.63. The van der Waals surface area contributed by atoms with Crippen molar-refractivity contribution in [3.63, 3.8) is 0 Å². The second kappa shape index (κ2) is 6.50. The quantitative estimate of drug-likeness (QED) is 0.740. The van der Waals surface area contributed by atoms with Gasteiger partial charge in [0.15, 0.2) is 0 Å². The first-order chi connectivity index (χ1) is 8.66. The molecule has 1 heterocycles. The maximum atomic E-state index is 13.3. The first kappa shape index (κ1) is 13.8. The van der Waals surface area contributed by atoms with Crippen LogP contribution in [0, 0.1) is 5.82 Å². The van der Waals surface area contributed by atoms with Crippen molar-refractivity contribution < 1.29 is 9.18 Å². The Labute approximate surface area is 122 Å².